The Labute approximate surface area is 517 Å². The van der Waals surface area contributed by atoms with Gasteiger partial charge in [0.05, 0.1) is 55.3 Å². The third kappa shape index (κ3) is 7.65. The lowest BCUT2D eigenvalue weighted by Crippen LogP contribution is -1.99. The van der Waals surface area contributed by atoms with Crippen molar-refractivity contribution in [2.75, 3.05) is 0 Å². The first kappa shape index (κ1) is 50.1. The number of hydrogen-bond donors (Lipinski definition) is 0. The van der Waals surface area contributed by atoms with E-state index in [0.717, 1.165) is 106 Å². The van der Waals surface area contributed by atoms with Gasteiger partial charge in [0.2, 0.25) is 0 Å². The molecule has 0 saturated heterocycles. The molecule has 5 heterocycles. The number of para-hydroxylation sites is 6. The molecule has 14 aromatic carbocycles. The number of nitrogens with zero attached hydrogens (tertiary/aromatic N) is 6. The number of aromatic nitrogens is 6. The summed E-state index contributed by atoms with van der Waals surface area (Å²) in [5, 5.41) is 13.0. The average Bonchev–Trinajstić information content (AvgIpc) is 2.39. The quantitative estimate of drug-likeness (QED) is 0.142. The summed E-state index contributed by atoms with van der Waals surface area (Å²) < 4.78 is 9.63. The molecule has 418 valence electrons. The number of hydrogen-bond acceptors (Lipinski definition) is 2. The largest absolute Gasteiger partial charge is 0.309 e. The number of rotatable bonds is 8. The van der Waals surface area contributed by atoms with Crippen LogP contribution in [0.5, 0.6) is 0 Å². The third-order valence-electron chi connectivity index (χ3n) is 18.7. The van der Waals surface area contributed by atoms with Crippen LogP contribution in [0.2, 0.25) is 0 Å². The topological polar surface area (TPSA) is 45.5 Å². The zero-order valence-corrected chi connectivity index (χ0v) is 48.7. The Bertz CT molecular complexity index is 6160. The molecule has 0 atom stereocenters. The van der Waals surface area contributed by atoms with E-state index >= 15 is 0 Å². The first-order valence-corrected chi connectivity index (χ1v) is 30.8. The molecule has 6 nitrogen and oxygen atoms in total. The molecule has 19 aromatic rings. The summed E-state index contributed by atoms with van der Waals surface area (Å²) in [6.07, 6.45) is 0. The summed E-state index contributed by atoms with van der Waals surface area (Å²) in [6, 6.07) is 115. The molecular weight excluding hydrogens is 1090 g/mol. The molecule has 5 aromatic heterocycles. The molecule has 0 unspecified atom stereocenters. The van der Waals surface area contributed by atoms with E-state index in [1.165, 1.54) is 65.2 Å². The summed E-state index contributed by atoms with van der Waals surface area (Å²) in [4.78, 5) is 11.2. The lowest BCUT2D eigenvalue weighted by Gasteiger charge is -2.15. The maximum Gasteiger partial charge on any atom is 0.160 e. The van der Waals surface area contributed by atoms with Gasteiger partial charge >= 0.3 is 0 Å². The van der Waals surface area contributed by atoms with Crippen molar-refractivity contribution in [1.82, 2.24) is 28.2 Å². The zero-order valence-electron chi connectivity index (χ0n) is 48.7. The van der Waals surface area contributed by atoms with Crippen molar-refractivity contribution in [3.63, 3.8) is 0 Å². The van der Waals surface area contributed by atoms with Crippen molar-refractivity contribution in [3.05, 3.63) is 315 Å². The van der Waals surface area contributed by atoms with Gasteiger partial charge in [0, 0.05) is 87.7 Å². The molecule has 0 saturated carbocycles. The van der Waals surface area contributed by atoms with E-state index in [1.807, 2.05) is 0 Å². The second-order valence-electron chi connectivity index (χ2n) is 23.7. The van der Waals surface area contributed by atoms with Crippen LogP contribution in [0.4, 0.5) is 0 Å². The minimum absolute atomic E-state index is 0.662. The highest BCUT2D eigenvalue weighted by molar-refractivity contribution is 6.15. The number of benzene rings is 14. The lowest BCUT2D eigenvalue weighted by molar-refractivity contribution is 1.17. The zero-order chi connectivity index (χ0) is 59.0. The van der Waals surface area contributed by atoms with E-state index in [9.17, 15) is 0 Å². The third-order valence-corrected chi connectivity index (χ3v) is 18.7. The molecule has 0 N–H and O–H groups in total. The summed E-state index contributed by atoms with van der Waals surface area (Å²) in [7, 11) is 0. The molecule has 0 aliphatic carbocycles. The van der Waals surface area contributed by atoms with E-state index in [2.05, 4.69) is 334 Å². The molecule has 6 heteroatoms. The van der Waals surface area contributed by atoms with Crippen molar-refractivity contribution >= 4 is 109 Å². The molecule has 0 radical (unpaired) electrons. The first-order chi connectivity index (χ1) is 44.6. The van der Waals surface area contributed by atoms with Crippen LogP contribution in [0.3, 0.4) is 0 Å². The van der Waals surface area contributed by atoms with Crippen LogP contribution in [-0.4, -0.2) is 28.2 Å². The van der Waals surface area contributed by atoms with E-state index in [1.54, 1.807) is 0 Å². The van der Waals surface area contributed by atoms with Gasteiger partial charge < -0.3 is 18.3 Å². The Morgan fingerprint density at radius 1 is 0.189 bits per heavy atom. The van der Waals surface area contributed by atoms with Crippen LogP contribution in [0.15, 0.2) is 315 Å². The molecule has 0 aliphatic rings. The van der Waals surface area contributed by atoms with Crippen LogP contribution in [-0.2, 0) is 0 Å². The monoisotopic (exact) mass is 1140 g/mol. The van der Waals surface area contributed by atoms with Crippen molar-refractivity contribution in [3.8, 4) is 67.6 Å². The summed E-state index contributed by atoms with van der Waals surface area (Å²) in [5.74, 6) is 0.662. The van der Waals surface area contributed by atoms with Gasteiger partial charge in [0.25, 0.3) is 0 Å². The van der Waals surface area contributed by atoms with Gasteiger partial charge in [0.15, 0.2) is 5.82 Å². The molecular formula is C84H52N6. The Balaban J connectivity index is 0.755. The van der Waals surface area contributed by atoms with Crippen LogP contribution >= 0.6 is 0 Å². The fourth-order valence-corrected chi connectivity index (χ4v) is 14.7. The highest BCUT2D eigenvalue weighted by atomic mass is 15.0. The van der Waals surface area contributed by atoms with E-state index in [-0.39, 0.29) is 0 Å². The SMILES string of the molecule is c1ccc(-n2c3ccccc3c3ccc(-c4ccc5c6ccccc6n(-c6cccc(-c7nc(-c8cccc(-n9c%10ccccc%10c%10ccc(-c%11ccc%12c%13ccccc%13n(-c%13ccccc%13)c%12c%11)cc%109)c8)c8ccc9ccccc9c8n7)c6)c5c4)cc32)cc1. The minimum atomic E-state index is 0.662. The van der Waals surface area contributed by atoms with Crippen LogP contribution in [0.25, 0.3) is 177 Å². The Morgan fingerprint density at radius 2 is 0.522 bits per heavy atom. The lowest BCUT2D eigenvalue weighted by atomic mass is 10.0. The molecule has 0 aliphatic heterocycles. The van der Waals surface area contributed by atoms with E-state index < -0.39 is 0 Å². The van der Waals surface area contributed by atoms with Crippen LogP contribution in [0.1, 0.15) is 0 Å². The molecule has 0 fully saturated rings. The second-order valence-corrected chi connectivity index (χ2v) is 23.7. The molecule has 0 spiro atoms. The summed E-state index contributed by atoms with van der Waals surface area (Å²) in [5.41, 5.74) is 22.0. The second kappa shape index (κ2) is 19.7. The maximum atomic E-state index is 5.66. The summed E-state index contributed by atoms with van der Waals surface area (Å²) >= 11 is 0. The molecule has 0 bridgehead atoms. The van der Waals surface area contributed by atoms with Gasteiger partial charge in [-0.25, -0.2) is 9.97 Å². The Hall–Kier alpha value is -12.1. The number of fused-ring (bicyclic) bond motifs is 15. The highest BCUT2D eigenvalue weighted by Gasteiger charge is 2.22. The van der Waals surface area contributed by atoms with Crippen molar-refractivity contribution in [2.24, 2.45) is 0 Å². The predicted molar refractivity (Wildman–Crippen MR) is 376 cm³/mol. The Kier molecular flexibility index (Phi) is 11.0. The van der Waals surface area contributed by atoms with Crippen molar-refractivity contribution in [2.45, 2.75) is 0 Å². The van der Waals surface area contributed by atoms with E-state index in [0.29, 0.717) is 5.82 Å². The fourth-order valence-electron chi connectivity index (χ4n) is 14.7. The predicted octanol–water partition coefficient (Wildman–Crippen LogP) is 21.8. The first-order valence-electron chi connectivity index (χ1n) is 30.8. The molecule has 0 amide bonds. The molecule has 19 rings (SSSR count). The smallest absolute Gasteiger partial charge is 0.160 e. The average molecular weight is 1150 g/mol. The van der Waals surface area contributed by atoms with Crippen molar-refractivity contribution in [1.29, 1.82) is 0 Å². The Morgan fingerprint density at radius 3 is 0.967 bits per heavy atom. The minimum Gasteiger partial charge on any atom is -0.309 e. The van der Waals surface area contributed by atoms with Crippen LogP contribution in [0, 0.1) is 0 Å². The maximum absolute atomic E-state index is 5.66. The van der Waals surface area contributed by atoms with Crippen molar-refractivity contribution < 1.29 is 0 Å². The van der Waals surface area contributed by atoms with Crippen LogP contribution < -0.4 is 0 Å². The molecule has 90 heavy (non-hydrogen) atoms. The van der Waals surface area contributed by atoms with Gasteiger partial charge in [-0.1, -0.05) is 212 Å². The standard InChI is InChI=1S/C84H52N6/c1-3-22-60(23-4-1)87-74-33-13-9-29-65(74)69-42-38-54(49-78(69)87)56-40-44-71-67-31-11-15-35-76(67)89(80(71)51-56)62-26-17-20-58(47-62)82-73-46-37-53-19-7-8-28-64(53)83(73)86-84(85-82)59-21-18-27-63(48-59)90-77-36-16-12-32-68(77)72-45-41-57(52-81(72)90)55-39-43-70-66-30-10-14-34-75(66)88(79(70)50-55)61-24-5-2-6-25-61/h1-52H. The van der Waals surface area contributed by atoms with E-state index in [4.69, 9.17) is 9.97 Å². The fraction of sp³-hybridized carbons (Fsp3) is 0. The van der Waals surface area contributed by atoms with Gasteiger partial charge in [-0.05, 0) is 131 Å². The normalized spacial score (nSPS) is 12.0. The van der Waals surface area contributed by atoms with Gasteiger partial charge in [-0.3, -0.25) is 0 Å². The van der Waals surface area contributed by atoms with Gasteiger partial charge in [0.1, 0.15) is 0 Å². The van der Waals surface area contributed by atoms with Gasteiger partial charge in [-0.2, -0.15) is 0 Å². The summed E-state index contributed by atoms with van der Waals surface area (Å²) in [6.45, 7) is 0. The van der Waals surface area contributed by atoms with Gasteiger partial charge in [-0.15, -0.1) is 0 Å². The highest BCUT2D eigenvalue weighted by Crippen LogP contribution is 2.43.